The molecule has 1 atom stereocenters. The zero-order valence-corrected chi connectivity index (χ0v) is 10.9. The Morgan fingerprint density at radius 1 is 1.44 bits per heavy atom. The first-order valence-corrected chi connectivity index (χ1v) is 6.27. The molecule has 16 heavy (non-hydrogen) atoms. The van der Waals surface area contributed by atoms with Crippen LogP contribution in [0.15, 0.2) is 0 Å². The Morgan fingerprint density at radius 2 is 2.00 bits per heavy atom. The van der Waals surface area contributed by atoms with E-state index in [2.05, 4.69) is 5.32 Å². The fraction of sp³-hybridized carbons (Fsp3) is 0.818. The number of thiocarbonyl (C=S) groups is 1. The number of urea groups is 1. The summed E-state index contributed by atoms with van der Waals surface area (Å²) in [7, 11) is 0. The summed E-state index contributed by atoms with van der Waals surface area (Å²) in [6, 6.07) is -0.0446. The van der Waals surface area contributed by atoms with Crippen LogP contribution in [0.2, 0.25) is 0 Å². The number of hydrogen-bond acceptors (Lipinski definition) is 2. The van der Waals surface area contributed by atoms with Crippen LogP contribution in [0.3, 0.4) is 0 Å². The van der Waals surface area contributed by atoms with Crippen LogP contribution >= 0.6 is 12.2 Å². The summed E-state index contributed by atoms with van der Waals surface area (Å²) in [5.41, 5.74) is 5.09. The lowest BCUT2D eigenvalue weighted by atomic mass is 9.99. The zero-order valence-electron chi connectivity index (χ0n) is 10.1. The van der Waals surface area contributed by atoms with Crippen LogP contribution in [0.25, 0.3) is 0 Å². The Bertz CT molecular complexity index is 276. The third-order valence-electron chi connectivity index (χ3n) is 3.28. The predicted octanol–water partition coefficient (Wildman–Crippen LogP) is 1.64. The van der Waals surface area contributed by atoms with Crippen molar-refractivity contribution in [2.45, 2.75) is 45.1 Å². The highest BCUT2D eigenvalue weighted by molar-refractivity contribution is 7.80. The second-order valence-corrected chi connectivity index (χ2v) is 4.97. The molecule has 0 radical (unpaired) electrons. The maximum absolute atomic E-state index is 12.0. The molecule has 92 valence electrons. The summed E-state index contributed by atoms with van der Waals surface area (Å²) in [6.45, 7) is 5.51. The summed E-state index contributed by atoms with van der Waals surface area (Å²) in [6.07, 6.45) is 4.10. The average Bonchev–Trinajstić information content (AvgIpc) is 2.29. The van der Waals surface area contributed by atoms with Gasteiger partial charge in [-0.15, -0.1) is 0 Å². The van der Waals surface area contributed by atoms with Gasteiger partial charge in [0.15, 0.2) is 0 Å². The monoisotopic (exact) mass is 243 g/mol. The molecule has 0 saturated carbocycles. The van der Waals surface area contributed by atoms with Gasteiger partial charge < -0.3 is 16.0 Å². The molecular weight excluding hydrogens is 222 g/mol. The highest BCUT2D eigenvalue weighted by Crippen LogP contribution is 2.13. The lowest BCUT2D eigenvalue weighted by Gasteiger charge is -2.33. The summed E-state index contributed by atoms with van der Waals surface area (Å²) in [5.74, 6) is 0. The van der Waals surface area contributed by atoms with E-state index in [0.29, 0.717) is 11.4 Å². The molecule has 1 saturated heterocycles. The lowest BCUT2D eigenvalue weighted by molar-refractivity contribution is 0.179. The predicted molar refractivity (Wildman–Crippen MR) is 69.4 cm³/mol. The minimum Gasteiger partial charge on any atom is -0.391 e. The van der Waals surface area contributed by atoms with Crippen molar-refractivity contribution in [1.82, 2.24) is 10.2 Å². The van der Waals surface area contributed by atoms with Gasteiger partial charge in [0.1, 0.15) is 0 Å². The van der Waals surface area contributed by atoms with Gasteiger partial charge in [0, 0.05) is 13.1 Å². The fourth-order valence-electron chi connectivity index (χ4n) is 1.74. The number of nitrogens with two attached hydrogens (primary N) is 1. The minimum atomic E-state index is -0.566. The van der Waals surface area contributed by atoms with E-state index in [4.69, 9.17) is 18.0 Å². The van der Waals surface area contributed by atoms with Crippen molar-refractivity contribution in [3.63, 3.8) is 0 Å². The summed E-state index contributed by atoms with van der Waals surface area (Å²) in [4.78, 5) is 14.2. The molecule has 1 aliphatic heterocycles. The SMILES string of the molecule is CCC(C)(NC(=O)N1CCCCC1)C(N)=S. The molecule has 0 aliphatic carbocycles. The summed E-state index contributed by atoms with van der Waals surface area (Å²) in [5, 5.41) is 2.93. The van der Waals surface area contributed by atoms with Crippen LogP contribution in [-0.4, -0.2) is 34.5 Å². The van der Waals surface area contributed by atoms with Gasteiger partial charge in [-0.2, -0.15) is 0 Å². The van der Waals surface area contributed by atoms with Gasteiger partial charge in [0.25, 0.3) is 0 Å². The molecule has 4 nitrogen and oxygen atoms in total. The van der Waals surface area contributed by atoms with Gasteiger partial charge in [-0.25, -0.2) is 4.79 Å². The number of carbonyl (C=O) groups is 1. The highest BCUT2D eigenvalue weighted by atomic mass is 32.1. The van der Waals surface area contributed by atoms with Crippen LogP contribution < -0.4 is 11.1 Å². The molecule has 5 heteroatoms. The zero-order chi connectivity index (χ0) is 12.2. The first-order chi connectivity index (χ1) is 7.49. The Morgan fingerprint density at radius 3 is 2.44 bits per heavy atom. The molecule has 1 unspecified atom stereocenters. The maximum Gasteiger partial charge on any atom is 0.318 e. The Labute approximate surface area is 103 Å². The Hall–Kier alpha value is -0.840. The van der Waals surface area contributed by atoms with Crippen molar-refractivity contribution in [2.75, 3.05) is 13.1 Å². The van der Waals surface area contributed by atoms with Crippen molar-refractivity contribution in [1.29, 1.82) is 0 Å². The molecular formula is C11H21N3OS. The third-order valence-corrected chi connectivity index (χ3v) is 3.73. The first kappa shape index (κ1) is 13.2. The molecule has 1 heterocycles. The first-order valence-electron chi connectivity index (χ1n) is 5.86. The minimum absolute atomic E-state index is 0.0446. The smallest absolute Gasteiger partial charge is 0.318 e. The topological polar surface area (TPSA) is 58.4 Å². The molecule has 2 amide bonds. The molecule has 3 N–H and O–H groups in total. The molecule has 1 rings (SSSR count). The Kier molecular flexibility index (Phi) is 4.53. The maximum atomic E-state index is 12.0. The van der Waals surface area contributed by atoms with Gasteiger partial charge in [0.05, 0.1) is 10.5 Å². The van der Waals surface area contributed by atoms with E-state index in [9.17, 15) is 4.79 Å². The van der Waals surface area contributed by atoms with E-state index < -0.39 is 5.54 Å². The third kappa shape index (κ3) is 3.07. The molecule has 1 aliphatic rings. The number of amides is 2. The number of piperidine rings is 1. The normalized spacial score (nSPS) is 20.0. The number of rotatable bonds is 3. The van der Waals surface area contributed by atoms with Crippen LogP contribution in [0.4, 0.5) is 4.79 Å². The van der Waals surface area contributed by atoms with Gasteiger partial charge in [-0.05, 0) is 32.6 Å². The largest absolute Gasteiger partial charge is 0.391 e. The molecule has 0 aromatic heterocycles. The van der Waals surface area contributed by atoms with Gasteiger partial charge in [-0.3, -0.25) is 0 Å². The quantitative estimate of drug-likeness (QED) is 0.741. The summed E-state index contributed by atoms with van der Waals surface area (Å²) < 4.78 is 0. The molecule has 1 fully saturated rings. The van der Waals surface area contributed by atoms with Crippen molar-refractivity contribution >= 4 is 23.2 Å². The summed E-state index contributed by atoms with van der Waals surface area (Å²) >= 11 is 4.99. The van der Waals surface area contributed by atoms with E-state index in [-0.39, 0.29) is 6.03 Å². The fourth-order valence-corrected chi connectivity index (χ4v) is 1.93. The van der Waals surface area contributed by atoms with Crippen LogP contribution in [-0.2, 0) is 0 Å². The van der Waals surface area contributed by atoms with Crippen LogP contribution in [0.1, 0.15) is 39.5 Å². The number of carbonyl (C=O) groups excluding carboxylic acids is 1. The van der Waals surface area contributed by atoms with Crippen molar-refractivity contribution in [3.05, 3.63) is 0 Å². The van der Waals surface area contributed by atoms with E-state index in [1.807, 2.05) is 18.7 Å². The van der Waals surface area contributed by atoms with Gasteiger partial charge >= 0.3 is 6.03 Å². The van der Waals surface area contributed by atoms with E-state index >= 15 is 0 Å². The number of nitrogens with one attached hydrogen (secondary N) is 1. The lowest BCUT2D eigenvalue weighted by Crippen LogP contribution is -2.58. The highest BCUT2D eigenvalue weighted by Gasteiger charge is 2.29. The van der Waals surface area contributed by atoms with Crippen molar-refractivity contribution < 1.29 is 4.79 Å². The van der Waals surface area contributed by atoms with E-state index in [1.54, 1.807) is 0 Å². The second kappa shape index (κ2) is 5.48. The number of hydrogen-bond donors (Lipinski definition) is 2. The van der Waals surface area contributed by atoms with E-state index in [1.165, 1.54) is 6.42 Å². The molecule has 0 aromatic carbocycles. The van der Waals surface area contributed by atoms with Crippen LogP contribution in [0, 0.1) is 0 Å². The van der Waals surface area contributed by atoms with E-state index in [0.717, 1.165) is 25.9 Å². The van der Waals surface area contributed by atoms with Crippen molar-refractivity contribution in [3.8, 4) is 0 Å². The standard InChI is InChI=1S/C11H21N3OS/c1-3-11(2,9(12)16)13-10(15)14-7-5-4-6-8-14/h3-8H2,1-2H3,(H2,12,16)(H,13,15). The van der Waals surface area contributed by atoms with Gasteiger partial charge in [-0.1, -0.05) is 19.1 Å². The van der Waals surface area contributed by atoms with Gasteiger partial charge in [0.2, 0.25) is 0 Å². The second-order valence-electron chi connectivity index (χ2n) is 4.53. The molecule has 0 bridgehead atoms. The number of likely N-dealkylation sites (tertiary alicyclic amines) is 1. The molecule has 0 spiro atoms. The Balaban J connectivity index is 2.57. The van der Waals surface area contributed by atoms with Crippen LogP contribution in [0.5, 0.6) is 0 Å². The van der Waals surface area contributed by atoms with Crippen molar-refractivity contribution in [2.24, 2.45) is 5.73 Å². The average molecular weight is 243 g/mol. The number of nitrogens with zero attached hydrogens (tertiary/aromatic N) is 1. The molecule has 0 aromatic rings.